The molecule has 2 aromatic rings. The zero-order valence-corrected chi connectivity index (χ0v) is 17.8. The second-order valence-corrected chi connectivity index (χ2v) is 7.15. The van der Waals surface area contributed by atoms with E-state index in [4.69, 9.17) is 26.8 Å². The summed E-state index contributed by atoms with van der Waals surface area (Å²) in [4.78, 5) is 48.5. The number of carbonyl (C=O) groups is 4. The van der Waals surface area contributed by atoms with Crippen molar-refractivity contribution in [1.82, 2.24) is 10.6 Å². The number of nitrogens with two attached hydrogens (primary N) is 1. The summed E-state index contributed by atoms with van der Waals surface area (Å²) in [5.41, 5.74) is 6.39. The number of halogens is 1. The van der Waals surface area contributed by atoms with Crippen LogP contribution in [0.4, 0.5) is 4.79 Å². The molecule has 1 unspecified atom stereocenters. The first kappa shape index (κ1) is 22.8. The molecule has 3 rings (SSSR count). The van der Waals surface area contributed by atoms with E-state index in [1.807, 2.05) is 0 Å². The van der Waals surface area contributed by atoms with E-state index in [0.29, 0.717) is 10.6 Å². The van der Waals surface area contributed by atoms with Crippen LogP contribution in [0.25, 0.3) is 0 Å². The van der Waals surface area contributed by atoms with Gasteiger partial charge in [0.25, 0.3) is 0 Å². The molecule has 1 heterocycles. The number of amides is 3. The lowest BCUT2D eigenvalue weighted by Crippen LogP contribution is -2.47. The summed E-state index contributed by atoms with van der Waals surface area (Å²) in [5, 5.41) is 5.68. The van der Waals surface area contributed by atoms with Crippen molar-refractivity contribution < 1.29 is 28.7 Å². The number of esters is 2. The van der Waals surface area contributed by atoms with Crippen molar-refractivity contribution in [1.29, 1.82) is 0 Å². The van der Waals surface area contributed by atoms with Crippen LogP contribution in [0.1, 0.15) is 39.2 Å². The largest absolute Gasteiger partial charge is 0.463 e. The first-order valence-corrected chi connectivity index (χ1v) is 9.98. The molecular weight excluding hydrogens is 438 g/mol. The Morgan fingerprint density at radius 2 is 1.59 bits per heavy atom. The molecule has 0 saturated carbocycles. The maximum absolute atomic E-state index is 12.7. The van der Waals surface area contributed by atoms with Crippen LogP contribution >= 0.6 is 11.6 Å². The second kappa shape index (κ2) is 9.97. The van der Waals surface area contributed by atoms with Crippen molar-refractivity contribution >= 4 is 35.5 Å². The van der Waals surface area contributed by atoms with Gasteiger partial charge in [-0.1, -0.05) is 23.7 Å². The van der Waals surface area contributed by atoms with Crippen molar-refractivity contribution in [3.05, 3.63) is 81.5 Å². The van der Waals surface area contributed by atoms with Crippen molar-refractivity contribution in [2.75, 3.05) is 13.2 Å². The van der Waals surface area contributed by atoms with Crippen LogP contribution in [0.15, 0.2) is 59.8 Å². The zero-order chi connectivity index (χ0) is 23.3. The van der Waals surface area contributed by atoms with Gasteiger partial charge in [-0.3, -0.25) is 4.79 Å². The third-order valence-corrected chi connectivity index (χ3v) is 4.86. The van der Waals surface area contributed by atoms with Gasteiger partial charge in [0.2, 0.25) is 5.91 Å². The Morgan fingerprint density at radius 3 is 2.19 bits per heavy atom. The summed E-state index contributed by atoms with van der Waals surface area (Å²) in [7, 11) is 0. The van der Waals surface area contributed by atoms with Crippen LogP contribution in [-0.4, -0.2) is 37.1 Å². The standard InChI is InChI=1S/C22H20ClN3O6/c1-2-31-21(29)17-16(11-32-20(28)14-5-3-13(4-6-14)19(24)27)25-22(30)26-18(17)12-7-9-15(23)10-8-12/h3-10,18H,2,11H2,1H3,(H2,24,27)(H2,25,26,30). The number of nitrogens with one attached hydrogen (secondary N) is 2. The summed E-state index contributed by atoms with van der Waals surface area (Å²) in [6.07, 6.45) is 0. The molecule has 9 nitrogen and oxygen atoms in total. The molecule has 0 saturated heterocycles. The molecule has 0 bridgehead atoms. The molecule has 1 aliphatic rings. The maximum Gasteiger partial charge on any atom is 0.338 e. The molecule has 0 radical (unpaired) electrons. The third kappa shape index (κ3) is 5.25. The monoisotopic (exact) mass is 457 g/mol. The molecule has 0 fully saturated rings. The Balaban J connectivity index is 1.88. The summed E-state index contributed by atoms with van der Waals surface area (Å²) < 4.78 is 10.4. The fourth-order valence-corrected chi connectivity index (χ4v) is 3.20. The van der Waals surface area contributed by atoms with Crippen molar-refractivity contribution in [2.24, 2.45) is 5.73 Å². The normalized spacial score (nSPS) is 15.4. The molecule has 1 aliphatic heterocycles. The molecule has 0 aliphatic carbocycles. The molecule has 0 aromatic heterocycles. The molecule has 4 N–H and O–H groups in total. The minimum Gasteiger partial charge on any atom is -0.463 e. The molecule has 3 amide bonds. The maximum atomic E-state index is 12.7. The molecule has 2 aromatic carbocycles. The lowest BCUT2D eigenvalue weighted by molar-refractivity contribution is -0.139. The Kier molecular flexibility index (Phi) is 7.11. The van der Waals surface area contributed by atoms with E-state index in [2.05, 4.69) is 10.6 Å². The van der Waals surface area contributed by atoms with Gasteiger partial charge in [0.05, 0.1) is 29.5 Å². The third-order valence-electron chi connectivity index (χ3n) is 4.61. The minimum absolute atomic E-state index is 0.0919. The van der Waals surface area contributed by atoms with Gasteiger partial charge in [0.15, 0.2) is 0 Å². The number of benzene rings is 2. The van der Waals surface area contributed by atoms with E-state index in [9.17, 15) is 19.2 Å². The number of primary amides is 1. The summed E-state index contributed by atoms with van der Waals surface area (Å²) in [5.74, 6) is -2.01. The lowest BCUT2D eigenvalue weighted by atomic mass is 9.95. The molecule has 0 spiro atoms. The molecule has 32 heavy (non-hydrogen) atoms. The topological polar surface area (TPSA) is 137 Å². The molecule has 10 heteroatoms. The highest BCUT2D eigenvalue weighted by atomic mass is 35.5. The van der Waals surface area contributed by atoms with E-state index < -0.39 is 29.9 Å². The Hall–Kier alpha value is -3.85. The average Bonchev–Trinajstić information content (AvgIpc) is 2.77. The van der Waals surface area contributed by atoms with Gasteiger partial charge < -0.3 is 25.8 Å². The first-order valence-electron chi connectivity index (χ1n) is 9.60. The highest BCUT2D eigenvalue weighted by Gasteiger charge is 2.34. The van der Waals surface area contributed by atoms with E-state index in [-0.39, 0.29) is 35.6 Å². The minimum atomic E-state index is -0.830. The van der Waals surface area contributed by atoms with Crippen molar-refractivity contribution in [3.63, 3.8) is 0 Å². The molecule has 1 atom stereocenters. The van der Waals surface area contributed by atoms with Crippen LogP contribution in [0, 0.1) is 0 Å². The average molecular weight is 458 g/mol. The van der Waals surface area contributed by atoms with E-state index in [0.717, 1.165) is 0 Å². The summed E-state index contributed by atoms with van der Waals surface area (Å²) in [6.45, 7) is 1.38. The second-order valence-electron chi connectivity index (χ2n) is 6.71. The lowest BCUT2D eigenvalue weighted by Gasteiger charge is -2.29. The number of rotatable bonds is 7. The number of urea groups is 1. The smallest absolute Gasteiger partial charge is 0.338 e. The van der Waals surface area contributed by atoms with E-state index in [1.54, 1.807) is 31.2 Å². The fourth-order valence-electron chi connectivity index (χ4n) is 3.08. The Bertz CT molecular complexity index is 1080. The van der Waals surface area contributed by atoms with Gasteiger partial charge in [-0.05, 0) is 48.9 Å². The van der Waals surface area contributed by atoms with E-state index in [1.165, 1.54) is 24.3 Å². The van der Waals surface area contributed by atoms with Crippen LogP contribution in [0.3, 0.4) is 0 Å². The number of hydrogen-bond donors (Lipinski definition) is 3. The van der Waals surface area contributed by atoms with Gasteiger partial charge in [-0.2, -0.15) is 0 Å². The van der Waals surface area contributed by atoms with Gasteiger partial charge >= 0.3 is 18.0 Å². The SMILES string of the molecule is CCOC(=O)C1=C(COC(=O)c2ccc(C(N)=O)cc2)NC(=O)NC1c1ccc(Cl)cc1. The summed E-state index contributed by atoms with van der Waals surface area (Å²) in [6, 6.07) is 10.8. The van der Waals surface area contributed by atoms with Gasteiger partial charge in [0.1, 0.15) is 6.61 Å². The van der Waals surface area contributed by atoms with Crippen molar-refractivity contribution in [3.8, 4) is 0 Å². The molecule has 166 valence electrons. The highest BCUT2D eigenvalue weighted by Crippen LogP contribution is 2.29. The van der Waals surface area contributed by atoms with Crippen LogP contribution in [0.2, 0.25) is 5.02 Å². The zero-order valence-electron chi connectivity index (χ0n) is 17.0. The quantitative estimate of drug-likeness (QED) is 0.546. The van der Waals surface area contributed by atoms with E-state index >= 15 is 0 Å². The predicted octanol–water partition coefficient (Wildman–Crippen LogP) is 2.47. The van der Waals surface area contributed by atoms with Crippen molar-refractivity contribution in [2.45, 2.75) is 13.0 Å². The molecular formula is C22H20ClN3O6. The van der Waals surface area contributed by atoms with Crippen LogP contribution < -0.4 is 16.4 Å². The number of hydrogen-bond acceptors (Lipinski definition) is 6. The van der Waals surface area contributed by atoms with Gasteiger partial charge in [0, 0.05) is 10.6 Å². The first-order chi connectivity index (χ1) is 15.3. The predicted molar refractivity (Wildman–Crippen MR) is 115 cm³/mol. The Morgan fingerprint density at radius 1 is 0.969 bits per heavy atom. The van der Waals surface area contributed by atoms with Gasteiger partial charge in [-0.15, -0.1) is 0 Å². The van der Waals surface area contributed by atoms with Crippen LogP contribution in [0.5, 0.6) is 0 Å². The van der Waals surface area contributed by atoms with Crippen LogP contribution in [-0.2, 0) is 14.3 Å². The number of carbonyl (C=O) groups excluding carboxylic acids is 4. The highest BCUT2D eigenvalue weighted by molar-refractivity contribution is 6.30. The van der Waals surface area contributed by atoms with Gasteiger partial charge in [-0.25, -0.2) is 14.4 Å². The fraction of sp³-hybridized carbons (Fsp3) is 0.182. The number of ether oxygens (including phenoxy) is 2. The summed E-state index contributed by atoms with van der Waals surface area (Å²) >= 11 is 5.94. The Labute approximate surface area is 188 Å².